The van der Waals surface area contributed by atoms with Gasteiger partial charge in [0.2, 0.25) is 10.7 Å². The standard InChI is InChI=1S/C19H22N4O3S/c1-4-12(5-2)18-22-23-16(20)13(17(25)21-19(23)27-18)9-11-7-8-14(24)15(10-11)26-6-3/h7-10,12H,4-6,20H2,1-3H3. The minimum atomic E-state index is -0.420. The molecule has 0 radical (unpaired) electrons. The van der Waals surface area contributed by atoms with Gasteiger partial charge in [0, 0.05) is 5.92 Å². The van der Waals surface area contributed by atoms with Crippen LogP contribution in [0.25, 0.3) is 11.0 Å². The van der Waals surface area contributed by atoms with Crippen molar-refractivity contribution in [3.63, 3.8) is 0 Å². The molecule has 2 heterocycles. The fraction of sp³-hybridized carbons (Fsp3) is 0.368. The van der Waals surface area contributed by atoms with Crippen LogP contribution in [0.4, 0.5) is 5.82 Å². The Hall–Kier alpha value is -2.74. The number of nitrogen functional groups attached to an aromatic ring is 1. The Balaban J connectivity index is 2.08. The summed E-state index contributed by atoms with van der Waals surface area (Å²) in [5.74, 6) is 0.588. The maximum atomic E-state index is 12.5. The zero-order valence-electron chi connectivity index (χ0n) is 15.6. The van der Waals surface area contributed by atoms with Gasteiger partial charge < -0.3 is 10.5 Å². The van der Waals surface area contributed by atoms with Crippen LogP contribution in [-0.2, 0) is 9.53 Å². The van der Waals surface area contributed by atoms with E-state index in [0.29, 0.717) is 23.1 Å². The molecule has 1 aliphatic carbocycles. The Labute approximate surface area is 160 Å². The van der Waals surface area contributed by atoms with Crippen LogP contribution in [0, 0.1) is 0 Å². The van der Waals surface area contributed by atoms with Gasteiger partial charge in [-0.15, -0.1) is 0 Å². The Morgan fingerprint density at radius 2 is 2.00 bits per heavy atom. The number of carbonyl (C=O) groups is 1. The molecule has 142 valence electrons. The number of nitrogens with two attached hydrogens (primary N) is 1. The predicted molar refractivity (Wildman–Crippen MR) is 107 cm³/mol. The maximum Gasteiger partial charge on any atom is 0.283 e. The second-order valence-electron chi connectivity index (χ2n) is 6.15. The number of hydrogen-bond acceptors (Lipinski definition) is 7. The fourth-order valence-corrected chi connectivity index (χ4v) is 4.05. The lowest BCUT2D eigenvalue weighted by molar-refractivity contribution is -0.114. The average Bonchev–Trinajstić information content (AvgIpc) is 3.06. The van der Waals surface area contributed by atoms with Crippen LogP contribution in [0.5, 0.6) is 0 Å². The van der Waals surface area contributed by atoms with Crippen molar-refractivity contribution in [2.75, 3.05) is 12.3 Å². The van der Waals surface area contributed by atoms with Crippen molar-refractivity contribution in [2.24, 2.45) is 0 Å². The highest BCUT2D eigenvalue weighted by atomic mass is 32.1. The summed E-state index contributed by atoms with van der Waals surface area (Å²) in [6.07, 6.45) is 8.15. The number of ether oxygens (including phenoxy) is 1. The maximum absolute atomic E-state index is 12.5. The van der Waals surface area contributed by atoms with Gasteiger partial charge in [-0.05, 0) is 43.6 Å². The van der Waals surface area contributed by atoms with Crippen molar-refractivity contribution >= 4 is 34.0 Å². The van der Waals surface area contributed by atoms with E-state index in [1.165, 1.54) is 21.9 Å². The first-order valence-electron chi connectivity index (χ1n) is 8.96. The Bertz CT molecular complexity index is 1030. The van der Waals surface area contributed by atoms with Gasteiger partial charge in [-0.25, -0.2) is 0 Å². The number of carbonyl (C=O) groups excluding carboxylic acids is 1. The molecule has 0 amide bonds. The van der Waals surface area contributed by atoms with Crippen LogP contribution in [-0.4, -0.2) is 27.0 Å². The zero-order valence-corrected chi connectivity index (χ0v) is 16.4. The van der Waals surface area contributed by atoms with Gasteiger partial charge in [-0.1, -0.05) is 31.3 Å². The third kappa shape index (κ3) is 3.71. The smallest absolute Gasteiger partial charge is 0.283 e. The molecule has 27 heavy (non-hydrogen) atoms. The normalized spacial score (nSPS) is 15.8. The fourth-order valence-electron chi connectivity index (χ4n) is 2.88. The van der Waals surface area contributed by atoms with Crippen molar-refractivity contribution < 1.29 is 9.53 Å². The lowest BCUT2D eigenvalue weighted by Crippen LogP contribution is -2.17. The number of hydrogen-bond donors (Lipinski definition) is 1. The Morgan fingerprint density at radius 1 is 1.26 bits per heavy atom. The van der Waals surface area contributed by atoms with E-state index in [4.69, 9.17) is 10.5 Å². The lowest BCUT2D eigenvalue weighted by atomic mass is 10.0. The third-order valence-corrected chi connectivity index (χ3v) is 5.49. The molecule has 1 aliphatic rings. The van der Waals surface area contributed by atoms with Crippen molar-refractivity contribution in [3.05, 3.63) is 50.5 Å². The summed E-state index contributed by atoms with van der Waals surface area (Å²) in [5.41, 5.74) is 6.70. The molecule has 0 fully saturated rings. The van der Waals surface area contributed by atoms with E-state index >= 15 is 0 Å². The van der Waals surface area contributed by atoms with Crippen molar-refractivity contribution in [2.45, 2.75) is 39.5 Å². The van der Waals surface area contributed by atoms with Crippen LogP contribution in [0.3, 0.4) is 0 Å². The second kappa shape index (κ2) is 7.87. The van der Waals surface area contributed by atoms with E-state index in [2.05, 4.69) is 23.9 Å². The van der Waals surface area contributed by atoms with E-state index in [9.17, 15) is 9.59 Å². The van der Waals surface area contributed by atoms with E-state index in [-0.39, 0.29) is 22.9 Å². The molecule has 0 unspecified atom stereocenters. The molecule has 0 bridgehead atoms. The van der Waals surface area contributed by atoms with E-state index in [1.54, 1.807) is 25.2 Å². The van der Waals surface area contributed by atoms with Crippen molar-refractivity contribution in [1.29, 1.82) is 0 Å². The second-order valence-corrected chi connectivity index (χ2v) is 7.14. The van der Waals surface area contributed by atoms with E-state index < -0.39 is 5.56 Å². The summed E-state index contributed by atoms with van der Waals surface area (Å²) in [6, 6.07) is 0. The van der Waals surface area contributed by atoms with Gasteiger partial charge in [-0.3, -0.25) is 9.59 Å². The van der Waals surface area contributed by atoms with Crippen LogP contribution < -0.4 is 11.3 Å². The molecule has 3 rings (SSSR count). The molecule has 0 aliphatic heterocycles. The number of anilines is 1. The molecule has 2 aromatic heterocycles. The van der Waals surface area contributed by atoms with Gasteiger partial charge in [0.25, 0.3) is 5.56 Å². The number of ketones is 1. The summed E-state index contributed by atoms with van der Waals surface area (Å²) in [6.45, 7) is 6.40. The van der Waals surface area contributed by atoms with Crippen LogP contribution in [0.2, 0.25) is 0 Å². The number of fused-ring (bicyclic) bond motifs is 1. The Kier molecular flexibility index (Phi) is 5.55. The zero-order chi connectivity index (χ0) is 19.6. The molecule has 0 saturated carbocycles. The minimum absolute atomic E-state index is 0.207. The van der Waals surface area contributed by atoms with Gasteiger partial charge in [0.15, 0.2) is 5.76 Å². The molecule has 0 atom stereocenters. The Morgan fingerprint density at radius 3 is 2.67 bits per heavy atom. The van der Waals surface area contributed by atoms with Gasteiger partial charge in [0.1, 0.15) is 10.8 Å². The molecule has 2 N–H and O–H groups in total. The number of aromatic nitrogens is 3. The molecule has 7 nitrogen and oxygen atoms in total. The molecular weight excluding hydrogens is 364 g/mol. The number of allylic oxidation sites excluding steroid dienone is 4. The topological polar surface area (TPSA) is 99.6 Å². The van der Waals surface area contributed by atoms with Gasteiger partial charge in [-0.2, -0.15) is 14.6 Å². The SMILES string of the molecule is CCOC1=CC(=Cc2c(N)n3nc(C(CC)CC)sc3nc2=O)C=CC1=O. The summed E-state index contributed by atoms with van der Waals surface area (Å²) < 4.78 is 6.85. The van der Waals surface area contributed by atoms with Crippen molar-refractivity contribution in [3.8, 4) is 0 Å². The quantitative estimate of drug-likeness (QED) is 0.819. The number of nitrogens with zero attached hydrogens (tertiary/aromatic N) is 3. The van der Waals surface area contributed by atoms with Gasteiger partial charge >= 0.3 is 0 Å². The summed E-state index contributed by atoms with van der Waals surface area (Å²) in [5, 5.41) is 5.49. The monoisotopic (exact) mass is 386 g/mol. The highest BCUT2D eigenvalue weighted by Crippen LogP contribution is 2.28. The molecule has 0 spiro atoms. The van der Waals surface area contributed by atoms with Crippen LogP contribution in [0.1, 0.15) is 50.1 Å². The summed E-state index contributed by atoms with van der Waals surface area (Å²) in [7, 11) is 0. The first kappa shape index (κ1) is 19.0. The first-order valence-corrected chi connectivity index (χ1v) is 9.77. The molecule has 0 saturated heterocycles. The summed E-state index contributed by atoms with van der Waals surface area (Å²) >= 11 is 1.39. The first-order chi connectivity index (χ1) is 13.0. The third-order valence-electron chi connectivity index (χ3n) is 4.42. The molecular formula is C19H22N4O3S. The average molecular weight is 386 g/mol. The van der Waals surface area contributed by atoms with Crippen LogP contribution >= 0.6 is 11.3 Å². The predicted octanol–water partition coefficient (Wildman–Crippen LogP) is 3.08. The minimum Gasteiger partial charge on any atom is -0.490 e. The number of rotatable bonds is 6. The molecule has 0 aromatic carbocycles. The molecule has 2 aromatic rings. The highest BCUT2D eigenvalue weighted by molar-refractivity contribution is 7.16. The van der Waals surface area contributed by atoms with Crippen molar-refractivity contribution in [1.82, 2.24) is 14.6 Å². The van der Waals surface area contributed by atoms with Crippen LogP contribution in [0.15, 0.2) is 34.4 Å². The largest absolute Gasteiger partial charge is 0.490 e. The van der Waals surface area contributed by atoms with Gasteiger partial charge in [0.05, 0.1) is 12.2 Å². The highest BCUT2D eigenvalue weighted by Gasteiger charge is 2.18. The molecule has 8 heteroatoms. The summed E-state index contributed by atoms with van der Waals surface area (Å²) in [4.78, 5) is 28.9. The van der Waals surface area contributed by atoms with E-state index in [1.807, 2.05) is 0 Å². The lowest BCUT2D eigenvalue weighted by Gasteiger charge is -2.10. The van der Waals surface area contributed by atoms with E-state index in [0.717, 1.165) is 17.8 Å².